The standard InChI is InChI=1S/C30H26N2O4S/c1-4-18-6-8-19(9-7-18)26-25(27(33)20-10-12-23-21(15-20)14-17(3)36-23)28(34)29(35)32(26)30-31-22-11-5-16(2)13-24(22)37-30/h5-13,15,17,26,33H,4,14H2,1-3H3/t17-,26-/m1/s1. The van der Waals surface area contributed by atoms with Crippen LogP contribution < -0.4 is 9.64 Å². The molecule has 7 heteroatoms. The van der Waals surface area contributed by atoms with Crippen molar-refractivity contribution in [3.63, 3.8) is 0 Å². The van der Waals surface area contributed by atoms with Crippen LogP contribution in [0.5, 0.6) is 5.75 Å². The van der Waals surface area contributed by atoms with Crippen molar-refractivity contribution in [3.05, 3.63) is 94.1 Å². The molecule has 3 heterocycles. The van der Waals surface area contributed by atoms with Gasteiger partial charge in [-0.1, -0.05) is 48.6 Å². The van der Waals surface area contributed by atoms with Gasteiger partial charge in [0.2, 0.25) is 0 Å². The van der Waals surface area contributed by atoms with Crippen molar-refractivity contribution < 1.29 is 19.4 Å². The SMILES string of the molecule is CCc1ccc([C@@H]2C(=C(O)c3ccc4c(c3)C[C@@H](C)O4)C(=O)C(=O)N2c2nc3ccc(C)cc3s2)cc1. The van der Waals surface area contributed by atoms with E-state index in [1.807, 2.05) is 68.4 Å². The van der Waals surface area contributed by atoms with Gasteiger partial charge in [0.25, 0.3) is 5.78 Å². The topological polar surface area (TPSA) is 79.7 Å². The van der Waals surface area contributed by atoms with Gasteiger partial charge in [0.15, 0.2) is 5.13 Å². The molecule has 2 aliphatic rings. The lowest BCUT2D eigenvalue weighted by atomic mass is 9.94. The van der Waals surface area contributed by atoms with E-state index in [9.17, 15) is 14.7 Å². The van der Waals surface area contributed by atoms with Gasteiger partial charge < -0.3 is 9.84 Å². The van der Waals surface area contributed by atoms with Crippen molar-refractivity contribution >= 4 is 44.1 Å². The Hall–Kier alpha value is -3.97. The summed E-state index contributed by atoms with van der Waals surface area (Å²) in [6, 6.07) is 18.3. The molecule has 186 valence electrons. The normalized spacial score (nSPS) is 20.5. The van der Waals surface area contributed by atoms with Gasteiger partial charge in [-0.25, -0.2) is 4.98 Å². The van der Waals surface area contributed by atoms with Gasteiger partial charge >= 0.3 is 5.91 Å². The number of hydrogen-bond acceptors (Lipinski definition) is 6. The van der Waals surface area contributed by atoms with E-state index >= 15 is 0 Å². The summed E-state index contributed by atoms with van der Waals surface area (Å²) in [5.74, 6) is -0.826. The van der Waals surface area contributed by atoms with Gasteiger partial charge in [0.05, 0.1) is 21.8 Å². The number of thiazole rings is 1. The quantitative estimate of drug-likeness (QED) is 0.203. The van der Waals surface area contributed by atoms with Gasteiger partial charge in [-0.2, -0.15) is 0 Å². The molecule has 1 aromatic heterocycles. The van der Waals surface area contributed by atoms with Crippen LogP contribution in [0.1, 0.15) is 47.7 Å². The molecule has 1 amide bonds. The minimum atomic E-state index is -0.795. The second-order valence-electron chi connectivity index (χ2n) is 9.69. The Bertz CT molecular complexity index is 1600. The number of benzene rings is 3. The molecule has 1 fully saturated rings. The van der Waals surface area contributed by atoms with Crippen LogP contribution >= 0.6 is 11.3 Å². The number of rotatable bonds is 4. The average Bonchev–Trinajstić information content (AvgIpc) is 3.55. The second-order valence-corrected chi connectivity index (χ2v) is 10.7. The van der Waals surface area contributed by atoms with Crippen LogP contribution in [0.25, 0.3) is 16.0 Å². The van der Waals surface area contributed by atoms with Crippen LogP contribution in [0.4, 0.5) is 5.13 Å². The number of aryl methyl sites for hydroxylation is 2. The molecule has 4 aromatic rings. The third kappa shape index (κ3) is 3.90. The number of aliphatic hydroxyl groups excluding tert-OH is 1. The predicted molar refractivity (Wildman–Crippen MR) is 145 cm³/mol. The first-order chi connectivity index (χ1) is 17.8. The number of nitrogens with zero attached hydrogens (tertiary/aromatic N) is 2. The van der Waals surface area contributed by atoms with Crippen molar-refractivity contribution in [2.45, 2.75) is 45.8 Å². The number of carbonyl (C=O) groups excluding carboxylic acids is 2. The van der Waals surface area contributed by atoms with Crippen molar-refractivity contribution in [1.29, 1.82) is 0 Å². The molecule has 0 radical (unpaired) electrons. The van der Waals surface area contributed by atoms with Gasteiger partial charge in [0, 0.05) is 12.0 Å². The fraction of sp³-hybridized carbons (Fsp3) is 0.233. The van der Waals surface area contributed by atoms with E-state index in [1.54, 1.807) is 6.07 Å². The fourth-order valence-corrected chi connectivity index (χ4v) is 6.22. The molecule has 37 heavy (non-hydrogen) atoms. The summed E-state index contributed by atoms with van der Waals surface area (Å²) >= 11 is 1.37. The largest absolute Gasteiger partial charge is 0.507 e. The van der Waals surface area contributed by atoms with E-state index in [2.05, 4.69) is 6.92 Å². The third-order valence-electron chi connectivity index (χ3n) is 7.06. The predicted octanol–water partition coefficient (Wildman–Crippen LogP) is 6.12. The number of Topliss-reactive ketones (excluding diaryl/α,β-unsaturated/α-hetero) is 1. The minimum Gasteiger partial charge on any atom is -0.507 e. The van der Waals surface area contributed by atoms with Gasteiger partial charge in [-0.3, -0.25) is 14.5 Å². The zero-order chi connectivity index (χ0) is 25.8. The zero-order valence-corrected chi connectivity index (χ0v) is 21.6. The van der Waals surface area contributed by atoms with E-state index < -0.39 is 17.7 Å². The zero-order valence-electron chi connectivity index (χ0n) is 20.8. The summed E-state index contributed by atoms with van der Waals surface area (Å²) in [6.07, 6.45) is 1.64. The highest BCUT2D eigenvalue weighted by molar-refractivity contribution is 7.22. The molecule has 6 nitrogen and oxygen atoms in total. The lowest BCUT2D eigenvalue weighted by molar-refractivity contribution is -0.132. The molecule has 2 atom stereocenters. The van der Waals surface area contributed by atoms with E-state index in [4.69, 9.17) is 9.72 Å². The fourth-order valence-electron chi connectivity index (χ4n) is 5.13. The Morgan fingerprint density at radius 3 is 2.65 bits per heavy atom. The molecule has 0 saturated carbocycles. The number of carbonyl (C=O) groups is 2. The molecule has 6 rings (SSSR count). The van der Waals surface area contributed by atoms with Crippen LogP contribution in [-0.4, -0.2) is 27.9 Å². The van der Waals surface area contributed by atoms with Crippen molar-refractivity contribution in [3.8, 4) is 5.75 Å². The molecule has 1 saturated heterocycles. The lowest BCUT2D eigenvalue weighted by Gasteiger charge is -2.23. The van der Waals surface area contributed by atoms with Gasteiger partial charge in [-0.15, -0.1) is 0 Å². The Balaban J connectivity index is 1.53. The first kappa shape index (κ1) is 23.4. The molecule has 2 aliphatic heterocycles. The first-order valence-electron chi connectivity index (χ1n) is 12.4. The number of fused-ring (bicyclic) bond motifs is 2. The lowest BCUT2D eigenvalue weighted by Crippen LogP contribution is -2.29. The monoisotopic (exact) mass is 510 g/mol. The summed E-state index contributed by atoms with van der Waals surface area (Å²) in [7, 11) is 0. The number of aliphatic hydroxyl groups is 1. The summed E-state index contributed by atoms with van der Waals surface area (Å²) in [5.41, 5.74) is 5.26. The second kappa shape index (κ2) is 8.85. The Morgan fingerprint density at radius 1 is 1.11 bits per heavy atom. The number of ketones is 1. The molecule has 0 aliphatic carbocycles. The van der Waals surface area contributed by atoms with Crippen LogP contribution in [0.2, 0.25) is 0 Å². The first-order valence-corrected chi connectivity index (χ1v) is 13.2. The molecule has 0 spiro atoms. The number of hydrogen-bond donors (Lipinski definition) is 1. The summed E-state index contributed by atoms with van der Waals surface area (Å²) < 4.78 is 6.73. The molecule has 1 N–H and O–H groups in total. The number of anilines is 1. The molecule has 0 bridgehead atoms. The Morgan fingerprint density at radius 2 is 1.89 bits per heavy atom. The molecule has 0 unspecified atom stereocenters. The van der Waals surface area contributed by atoms with Crippen LogP contribution in [-0.2, 0) is 22.4 Å². The minimum absolute atomic E-state index is 0.0535. The van der Waals surface area contributed by atoms with Crippen LogP contribution in [0.15, 0.2) is 66.2 Å². The van der Waals surface area contributed by atoms with E-state index in [0.717, 1.165) is 51.1 Å². The summed E-state index contributed by atoms with van der Waals surface area (Å²) in [4.78, 5) is 33.2. The van der Waals surface area contributed by atoms with Gasteiger partial charge in [-0.05, 0) is 72.9 Å². The third-order valence-corrected chi connectivity index (χ3v) is 8.07. The van der Waals surface area contributed by atoms with Gasteiger partial charge in [0.1, 0.15) is 17.6 Å². The maximum absolute atomic E-state index is 13.5. The highest BCUT2D eigenvalue weighted by Crippen LogP contribution is 2.45. The number of amides is 1. The van der Waals surface area contributed by atoms with Crippen LogP contribution in [0.3, 0.4) is 0 Å². The van der Waals surface area contributed by atoms with Crippen molar-refractivity contribution in [1.82, 2.24) is 4.98 Å². The average molecular weight is 511 g/mol. The molecular weight excluding hydrogens is 484 g/mol. The van der Waals surface area contributed by atoms with E-state index in [0.29, 0.717) is 10.7 Å². The molecule has 3 aromatic carbocycles. The maximum Gasteiger partial charge on any atom is 0.301 e. The van der Waals surface area contributed by atoms with Crippen molar-refractivity contribution in [2.24, 2.45) is 0 Å². The van der Waals surface area contributed by atoms with E-state index in [1.165, 1.54) is 16.2 Å². The maximum atomic E-state index is 13.5. The molecular formula is C30H26N2O4S. The number of ether oxygens (including phenoxy) is 1. The summed E-state index contributed by atoms with van der Waals surface area (Å²) in [5, 5.41) is 11.9. The number of aromatic nitrogens is 1. The highest BCUT2D eigenvalue weighted by atomic mass is 32.1. The smallest absolute Gasteiger partial charge is 0.301 e. The van der Waals surface area contributed by atoms with Crippen molar-refractivity contribution in [2.75, 3.05) is 4.90 Å². The Labute approximate surface area is 218 Å². The van der Waals surface area contributed by atoms with E-state index in [-0.39, 0.29) is 17.4 Å². The highest BCUT2D eigenvalue weighted by Gasteiger charge is 2.48. The Kier molecular flexibility index (Phi) is 5.60. The summed E-state index contributed by atoms with van der Waals surface area (Å²) in [6.45, 7) is 6.07. The van der Waals surface area contributed by atoms with Crippen LogP contribution in [0, 0.1) is 6.92 Å².